The molecule has 0 amide bonds. The average molecular weight is 197 g/mol. The van der Waals surface area contributed by atoms with Crippen LogP contribution in [0.1, 0.15) is 5.56 Å². The Kier molecular flexibility index (Phi) is 2.44. The highest BCUT2D eigenvalue weighted by Gasteiger charge is 2.22. The molecule has 1 aromatic rings. The molecule has 13 heavy (non-hydrogen) atoms. The molecule has 0 fully saturated rings. The summed E-state index contributed by atoms with van der Waals surface area (Å²) in [6, 6.07) is 5.45. The van der Waals surface area contributed by atoms with Crippen LogP contribution in [0.5, 0.6) is 5.75 Å². The molecule has 4 heteroatoms. The van der Waals surface area contributed by atoms with E-state index < -0.39 is 0 Å². The lowest BCUT2D eigenvalue weighted by molar-refractivity contribution is 0.139. The fourth-order valence-corrected chi connectivity index (χ4v) is 2.72. The zero-order valence-corrected chi connectivity index (χ0v) is 7.88. The van der Waals surface area contributed by atoms with Crippen molar-refractivity contribution in [2.24, 2.45) is 5.90 Å². The smallest absolute Gasteiger partial charge is 0.115 e. The lowest BCUT2D eigenvalue weighted by atomic mass is 10.1. The van der Waals surface area contributed by atoms with Crippen LogP contribution in [-0.2, 0) is 11.3 Å². The number of hydrogen-bond donors (Lipinski definition) is 2. The van der Waals surface area contributed by atoms with E-state index in [4.69, 9.17) is 5.90 Å². The van der Waals surface area contributed by atoms with Crippen molar-refractivity contribution in [3.63, 3.8) is 0 Å². The van der Waals surface area contributed by atoms with Crippen molar-refractivity contribution in [1.82, 2.24) is 0 Å². The van der Waals surface area contributed by atoms with E-state index in [0.29, 0.717) is 17.6 Å². The maximum Gasteiger partial charge on any atom is 0.115 e. The van der Waals surface area contributed by atoms with Gasteiger partial charge in [0.15, 0.2) is 0 Å². The Balaban J connectivity index is 2.16. The maximum atomic E-state index is 9.25. The largest absolute Gasteiger partial charge is 0.508 e. The van der Waals surface area contributed by atoms with E-state index in [1.807, 2.05) is 6.07 Å². The number of phenols is 1. The Morgan fingerprint density at radius 1 is 1.62 bits per heavy atom. The summed E-state index contributed by atoms with van der Waals surface area (Å²) in [6.45, 7) is 0.556. The van der Waals surface area contributed by atoms with E-state index in [-0.39, 0.29) is 0 Å². The predicted molar refractivity (Wildman–Crippen MR) is 51.6 cm³/mol. The standard InChI is InChI=1S/C9H11NO2S/c10-12-5-8-4-6-3-7(11)1-2-9(6)13-8/h1-3,8,11H,4-5,10H2. The Labute approximate surface area is 80.8 Å². The van der Waals surface area contributed by atoms with Crippen LogP contribution in [0.25, 0.3) is 0 Å². The van der Waals surface area contributed by atoms with Gasteiger partial charge >= 0.3 is 0 Å². The minimum Gasteiger partial charge on any atom is -0.508 e. The van der Waals surface area contributed by atoms with E-state index in [1.165, 1.54) is 10.5 Å². The first-order chi connectivity index (χ1) is 6.29. The lowest BCUT2D eigenvalue weighted by Crippen LogP contribution is -2.13. The summed E-state index contributed by atoms with van der Waals surface area (Å²) in [6.07, 6.45) is 0.922. The molecule has 1 aromatic carbocycles. The predicted octanol–water partition coefficient (Wildman–Crippen LogP) is 1.30. The van der Waals surface area contributed by atoms with Gasteiger partial charge in [-0.1, -0.05) is 0 Å². The highest BCUT2D eigenvalue weighted by Crippen LogP contribution is 2.38. The van der Waals surface area contributed by atoms with Crippen molar-refractivity contribution in [2.45, 2.75) is 16.6 Å². The molecule has 3 N–H and O–H groups in total. The Hall–Kier alpha value is -0.710. The first-order valence-electron chi connectivity index (χ1n) is 4.10. The summed E-state index contributed by atoms with van der Waals surface area (Å²) in [7, 11) is 0. The fourth-order valence-electron chi connectivity index (χ4n) is 1.51. The highest BCUT2D eigenvalue weighted by atomic mass is 32.2. The third-order valence-electron chi connectivity index (χ3n) is 2.07. The van der Waals surface area contributed by atoms with Crippen molar-refractivity contribution in [3.8, 4) is 5.75 Å². The molecule has 0 aliphatic carbocycles. The molecule has 0 radical (unpaired) electrons. The van der Waals surface area contributed by atoms with Gasteiger partial charge in [0, 0.05) is 10.1 Å². The molecule has 70 valence electrons. The maximum absolute atomic E-state index is 9.25. The average Bonchev–Trinajstić information content (AvgIpc) is 2.46. The van der Waals surface area contributed by atoms with Gasteiger partial charge in [-0.25, -0.2) is 5.90 Å². The van der Waals surface area contributed by atoms with Crippen LogP contribution >= 0.6 is 11.8 Å². The van der Waals surface area contributed by atoms with Gasteiger partial charge in [0.2, 0.25) is 0 Å². The molecule has 1 atom stereocenters. The molecule has 0 saturated heterocycles. The zero-order valence-electron chi connectivity index (χ0n) is 7.06. The first-order valence-corrected chi connectivity index (χ1v) is 4.98. The number of benzene rings is 1. The third-order valence-corrected chi connectivity index (χ3v) is 3.36. The molecule has 1 unspecified atom stereocenters. The molecule has 0 bridgehead atoms. The molecule has 1 aliphatic rings. The SMILES string of the molecule is NOCC1Cc2cc(O)ccc2S1. The summed E-state index contributed by atoms with van der Waals surface area (Å²) in [5.41, 5.74) is 1.19. The zero-order chi connectivity index (χ0) is 9.26. The van der Waals surface area contributed by atoms with Gasteiger partial charge in [-0.2, -0.15) is 0 Å². The quantitative estimate of drug-likeness (QED) is 0.702. The number of hydrogen-bond acceptors (Lipinski definition) is 4. The number of thioether (sulfide) groups is 1. The fraction of sp³-hybridized carbons (Fsp3) is 0.333. The minimum absolute atomic E-state index is 0.327. The molecule has 0 spiro atoms. The number of rotatable bonds is 2. The molecule has 1 heterocycles. The van der Waals surface area contributed by atoms with Crippen LogP contribution in [0.15, 0.2) is 23.1 Å². The Bertz CT molecular complexity index is 316. The van der Waals surface area contributed by atoms with Gasteiger partial charge in [0.1, 0.15) is 5.75 Å². The van der Waals surface area contributed by atoms with Gasteiger partial charge < -0.3 is 9.94 Å². The van der Waals surface area contributed by atoms with Gasteiger partial charge in [-0.05, 0) is 30.2 Å². The van der Waals surface area contributed by atoms with Crippen LogP contribution < -0.4 is 5.90 Å². The Morgan fingerprint density at radius 2 is 2.46 bits per heavy atom. The number of aromatic hydroxyl groups is 1. The molecular formula is C9H11NO2S. The topological polar surface area (TPSA) is 55.5 Å². The molecular weight excluding hydrogens is 186 g/mol. The van der Waals surface area contributed by atoms with Gasteiger partial charge in [0.05, 0.1) is 6.61 Å². The van der Waals surface area contributed by atoms with Gasteiger partial charge in [-0.3, -0.25) is 0 Å². The first kappa shape index (κ1) is 8.87. The van der Waals surface area contributed by atoms with Crippen LogP contribution in [0.2, 0.25) is 0 Å². The van der Waals surface area contributed by atoms with E-state index in [0.717, 1.165) is 6.42 Å². The van der Waals surface area contributed by atoms with Crippen LogP contribution in [0, 0.1) is 0 Å². The summed E-state index contributed by atoms with van der Waals surface area (Å²) < 4.78 is 0. The monoisotopic (exact) mass is 197 g/mol. The second-order valence-corrected chi connectivity index (χ2v) is 4.41. The van der Waals surface area contributed by atoms with Crippen LogP contribution in [0.4, 0.5) is 0 Å². The van der Waals surface area contributed by atoms with E-state index in [1.54, 1.807) is 23.9 Å². The molecule has 2 rings (SSSR count). The highest BCUT2D eigenvalue weighted by molar-refractivity contribution is 8.00. The van der Waals surface area contributed by atoms with E-state index in [2.05, 4.69) is 4.84 Å². The third kappa shape index (κ3) is 1.80. The van der Waals surface area contributed by atoms with Crippen LogP contribution in [0.3, 0.4) is 0 Å². The van der Waals surface area contributed by atoms with Gasteiger partial charge in [0.25, 0.3) is 0 Å². The number of nitrogens with two attached hydrogens (primary N) is 1. The van der Waals surface area contributed by atoms with Crippen molar-refractivity contribution < 1.29 is 9.94 Å². The second kappa shape index (κ2) is 3.57. The lowest BCUT2D eigenvalue weighted by Gasteiger charge is -2.03. The van der Waals surface area contributed by atoms with E-state index >= 15 is 0 Å². The number of phenolic OH excluding ortho intramolecular Hbond substituents is 1. The summed E-state index contributed by atoms with van der Waals surface area (Å²) in [4.78, 5) is 5.83. The van der Waals surface area contributed by atoms with Crippen LogP contribution in [-0.4, -0.2) is 17.0 Å². The normalized spacial score (nSPS) is 20.2. The minimum atomic E-state index is 0.327. The van der Waals surface area contributed by atoms with Crippen molar-refractivity contribution in [3.05, 3.63) is 23.8 Å². The molecule has 3 nitrogen and oxygen atoms in total. The molecule has 1 aliphatic heterocycles. The number of fused-ring (bicyclic) bond motifs is 1. The summed E-state index contributed by atoms with van der Waals surface area (Å²) >= 11 is 1.75. The molecule has 0 aromatic heterocycles. The van der Waals surface area contributed by atoms with E-state index in [9.17, 15) is 5.11 Å². The van der Waals surface area contributed by atoms with Crippen molar-refractivity contribution >= 4 is 11.8 Å². The molecule has 0 saturated carbocycles. The van der Waals surface area contributed by atoms with Crippen molar-refractivity contribution in [2.75, 3.05) is 6.61 Å². The summed E-state index contributed by atoms with van der Waals surface area (Å²) in [5.74, 6) is 5.34. The second-order valence-electron chi connectivity index (χ2n) is 3.07. The van der Waals surface area contributed by atoms with Crippen molar-refractivity contribution in [1.29, 1.82) is 0 Å². The Morgan fingerprint density at radius 3 is 3.23 bits per heavy atom. The summed E-state index contributed by atoms with van der Waals surface area (Å²) in [5, 5.41) is 9.64. The van der Waals surface area contributed by atoms with Gasteiger partial charge in [-0.15, -0.1) is 11.8 Å².